The summed E-state index contributed by atoms with van der Waals surface area (Å²) in [5, 5.41) is 0. The molecule has 7 nitrogen and oxygen atoms in total. The fourth-order valence-electron chi connectivity index (χ4n) is 1.47. The van der Waals surface area contributed by atoms with E-state index in [1.54, 1.807) is 0 Å². The largest absolute Gasteiger partial charge is 0.760 e. The zero-order chi connectivity index (χ0) is 11.6. The summed E-state index contributed by atoms with van der Waals surface area (Å²) in [5.41, 5.74) is 5.05. The molecule has 0 radical (unpaired) electrons. The van der Waals surface area contributed by atoms with Crippen LogP contribution in [0, 0.1) is 0 Å². The number of nitrogens with one attached hydrogen (secondary N) is 1. The number of nitrogens with zero attached hydrogens (tertiary/aromatic N) is 1. The number of carbonyl (C=O) groups excluding carboxylic acids is 2. The van der Waals surface area contributed by atoms with E-state index < -0.39 is 35.2 Å². The number of likely N-dealkylation sites (tertiary alicyclic amines) is 1. The Kier molecular flexibility index (Phi) is 3.77. The van der Waals surface area contributed by atoms with Crippen LogP contribution in [0.3, 0.4) is 0 Å². The minimum Gasteiger partial charge on any atom is -0.760 e. The minimum absolute atomic E-state index is 0.331. The number of nitrogens with two attached hydrogens (primary N) is 1. The normalized spacial score (nSPS) is 25.3. The molecule has 86 valence electrons. The summed E-state index contributed by atoms with van der Waals surface area (Å²) in [5.74, 6) is -1.02. The zero-order valence-corrected chi connectivity index (χ0v) is 8.95. The van der Waals surface area contributed by atoms with Crippen LogP contribution in [-0.2, 0) is 20.9 Å². The van der Waals surface area contributed by atoms with Crippen molar-refractivity contribution < 1.29 is 18.4 Å². The molecule has 1 aliphatic rings. The van der Waals surface area contributed by atoms with Gasteiger partial charge in [-0.15, -0.1) is 0 Å². The van der Waals surface area contributed by atoms with Gasteiger partial charge in [0.25, 0.3) is 0 Å². The van der Waals surface area contributed by atoms with Crippen molar-refractivity contribution in [2.24, 2.45) is 5.73 Å². The van der Waals surface area contributed by atoms with Crippen LogP contribution >= 0.6 is 0 Å². The van der Waals surface area contributed by atoms with Crippen LogP contribution in [-0.4, -0.2) is 44.1 Å². The molecule has 0 aliphatic carbocycles. The molecule has 0 bridgehead atoms. The van der Waals surface area contributed by atoms with Crippen molar-refractivity contribution in [2.75, 3.05) is 6.54 Å². The van der Waals surface area contributed by atoms with Crippen LogP contribution in [0.25, 0.3) is 0 Å². The number of primary amides is 1. The fraction of sp³-hybridized carbons (Fsp3) is 0.714. The summed E-state index contributed by atoms with van der Waals surface area (Å²) in [7, 11) is 0. The van der Waals surface area contributed by atoms with E-state index in [-0.39, 0.29) is 0 Å². The van der Waals surface area contributed by atoms with E-state index in [0.717, 1.165) is 0 Å². The highest BCUT2D eigenvalue weighted by Crippen LogP contribution is 2.14. The van der Waals surface area contributed by atoms with Crippen LogP contribution in [0.1, 0.15) is 13.3 Å². The highest BCUT2D eigenvalue weighted by atomic mass is 32.2. The lowest BCUT2D eigenvalue weighted by Gasteiger charge is -2.22. The van der Waals surface area contributed by atoms with Gasteiger partial charge in [-0.1, -0.05) is 0 Å². The lowest BCUT2D eigenvalue weighted by atomic mass is 10.3. The number of carbonyl (C=O) groups is 2. The maximum atomic E-state index is 11.6. The smallest absolute Gasteiger partial charge is 0.241 e. The molecule has 0 spiro atoms. The summed E-state index contributed by atoms with van der Waals surface area (Å²) >= 11 is -2.48. The first-order valence-electron chi connectivity index (χ1n) is 4.38. The predicted molar refractivity (Wildman–Crippen MR) is 50.8 cm³/mol. The Morgan fingerprint density at radius 2 is 2.40 bits per heavy atom. The van der Waals surface area contributed by atoms with Crippen LogP contribution in [0.2, 0.25) is 0 Å². The van der Waals surface area contributed by atoms with Crippen molar-refractivity contribution in [1.29, 1.82) is 0 Å². The van der Waals surface area contributed by atoms with Crippen LogP contribution < -0.4 is 10.5 Å². The van der Waals surface area contributed by atoms with Gasteiger partial charge in [-0.25, -0.2) is 4.72 Å². The van der Waals surface area contributed by atoms with E-state index in [4.69, 9.17) is 5.73 Å². The maximum Gasteiger partial charge on any atom is 0.241 e. The van der Waals surface area contributed by atoms with Gasteiger partial charge in [-0.2, -0.15) is 0 Å². The Morgan fingerprint density at radius 1 is 1.80 bits per heavy atom. The molecule has 3 unspecified atom stereocenters. The molecule has 1 aliphatic heterocycles. The van der Waals surface area contributed by atoms with Crippen molar-refractivity contribution in [3.8, 4) is 0 Å². The molecule has 1 fully saturated rings. The summed E-state index contributed by atoms with van der Waals surface area (Å²) < 4.78 is 22.8. The van der Waals surface area contributed by atoms with E-state index in [1.807, 2.05) is 0 Å². The molecule has 1 rings (SSSR count). The quantitative estimate of drug-likeness (QED) is 0.539. The Hall–Kier alpha value is -0.990. The van der Waals surface area contributed by atoms with Crippen LogP contribution in [0.5, 0.6) is 0 Å². The third-order valence-corrected chi connectivity index (χ3v) is 2.83. The molecule has 1 saturated heterocycles. The second kappa shape index (κ2) is 4.69. The molecule has 0 aromatic rings. The predicted octanol–water partition coefficient (Wildman–Crippen LogP) is -2.16. The standard InChI is InChI=1S/C7H13N3O4S/c1-4(6(8)11)10-3-2-5(7(10)12)9-15(13)14/h4-5,9H,2-3H2,1H3,(H2,8,11)(H,13,14)/p-1. The first kappa shape index (κ1) is 12.1. The van der Waals surface area contributed by atoms with E-state index in [2.05, 4.69) is 4.72 Å². The molecular weight excluding hydrogens is 222 g/mol. The first-order chi connectivity index (χ1) is 6.93. The number of hydrogen-bond donors (Lipinski definition) is 2. The number of rotatable bonds is 4. The van der Waals surface area contributed by atoms with Crippen molar-refractivity contribution in [1.82, 2.24) is 9.62 Å². The molecule has 3 atom stereocenters. The zero-order valence-electron chi connectivity index (χ0n) is 8.13. The van der Waals surface area contributed by atoms with E-state index in [0.29, 0.717) is 13.0 Å². The minimum atomic E-state index is -2.48. The van der Waals surface area contributed by atoms with Gasteiger partial charge in [0.2, 0.25) is 11.8 Å². The lowest BCUT2D eigenvalue weighted by molar-refractivity contribution is -0.136. The Bertz CT molecular complexity index is 309. The summed E-state index contributed by atoms with van der Waals surface area (Å²) in [4.78, 5) is 23.7. The van der Waals surface area contributed by atoms with Gasteiger partial charge in [0, 0.05) is 17.8 Å². The van der Waals surface area contributed by atoms with Gasteiger partial charge in [-0.3, -0.25) is 13.8 Å². The molecular formula is C7H12N3O4S-. The Morgan fingerprint density at radius 3 is 2.87 bits per heavy atom. The molecule has 3 N–H and O–H groups in total. The third kappa shape index (κ3) is 2.74. The lowest BCUT2D eigenvalue weighted by Crippen LogP contribution is -2.47. The molecule has 0 saturated carbocycles. The Labute approximate surface area is 89.4 Å². The summed E-state index contributed by atoms with van der Waals surface area (Å²) in [6.07, 6.45) is 0.352. The van der Waals surface area contributed by atoms with Gasteiger partial charge in [0.15, 0.2) is 0 Å². The second-order valence-corrected chi connectivity index (χ2v) is 4.01. The molecule has 2 amide bonds. The molecule has 0 aromatic carbocycles. The molecule has 0 aromatic heterocycles. The SMILES string of the molecule is CC(C(N)=O)N1CCC(NS(=O)[O-])C1=O. The van der Waals surface area contributed by atoms with E-state index >= 15 is 0 Å². The Balaban J connectivity index is 2.63. The highest BCUT2D eigenvalue weighted by Gasteiger charge is 2.35. The van der Waals surface area contributed by atoms with E-state index in [9.17, 15) is 18.4 Å². The third-order valence-electron chi connectivity index (χ3n) is 2.36. The summed E-state index contributed by atoms with van der Waals surface area (Å²) in [6, 6.07) is -1.48. The van der Waals surface area contributed by atoms with Crippen molar-refractivity contribution in [3.05, 3.63) is 0 Å². The fourth-order valence-corrected chi connectivity index (χ4v) is 1.92. The van der Waals surface area contributed by atoms with Crippen molar-refractivity contribution >= 4 is 23.1 Å². The topological polar surface area (TPSA) is 116 Å². The van der Waals surface area contributed by atoms with Gasteiger partial charge in [0.1, 0.15) is 6.04 Å². The van der Waals surface area contributed by atoms with Gasteiger partial charge in [-0.05, 0) is 13.3 Å². The van der Waals surface area contributed by atoms with Crippen LogP contribution in [0.4, 0.5) is 0 Å². The molecule has 1 heterocycles. The van der Waals surface area contributed by atoms with Crippen LogP contribution in [0.15, 0.2) is 0 Å². The van der Waals surface area contributed by atoms with Crippen molar-refractivity contribution in [3.63, 3.8) is 0 Å². The second-order valence-electron chi connectivity index (χ2n) is 3.30. The average molecular weight is 234 g/mol. The molecule has 8 heteroatoms. The van der Waals surface area contributed by atoms with Gasteiger partial charge in [0.05, 0.1) is 6.04 Å². The van der Waals surface area contributed by atoms with Gasteiger partial charge >= 0.3 is 0 Å². The average Bonchev–Trinajstić information content (AvgIpc) is 2.46. The maximum absolute atomic E-state index is 11.6. The van der Waals surface area contributed by atoms with Gasteiger partial charge < -0.3 is 15.2 Å². The van der Waals surface area contributed by atoms with Crippen molar-refractivity contribution in [2.45, 2.75) is 25.4 Å². The molecule has 15 heavy (non-hydrogen) atoms. The highest BCUT2D eigenvalue weighted by molar-refractivity contribution is 7.77. The number of amides is 2. The monoisotopic (exact) mass is 234 g/mol. The first-order valence-corrected chi connectivity index (χ1v) is 5.46. The van der Waals surface area contributed by atoms with E-state index in [1.165, 1.54) is 11.8 Å². The number of hydrogen-bond acceptors (Lipinski definition) is 4. The summed E-state index contributed by atoms with van der Waals surface area (Å²) in [6.45, 7) is 1.84.